The minimum atomic E-state index is -0.921. The zero-order valence-electron chi connectivity index (χ0n) is 20.8. The molecule has 0 aliphatic carbocycles. The molecule has 1 aliphatic rings. The molecule has 39 heavy (non-hydrogen) atoms. The molecule has 1 amide bonds. The normalized spacial score (nSPS) is 14.0. The summed E-state index contributed by atoms with van der Waals surface area (Å²) in [7, 11) is 0. The highest BCUT2D eigenvalue weighted by molar-refractivity contribution is 6.34. The summed E-state index contributed by atoms with van der Waals surface area (Å²) in [4.78, 5) is 28.5. The van der Waals surface area contributed by atoms with Crippen LogP contribution in [0.2, 0.25) is 5.02 Å². The summed E-state index contributed by atoms with van der Waals surface area (Å²) < 4.78 is 47.8. The molecule has 12 heteroatoms. The molecule has 0 atom stereocenters. The van der Waals surface area contributed by atoms with Gasteiger partial charge >= 0.3 is 0 Å². The van der Waals surface area contributed by atoms with Crippen LogP contribution in [0.4, 0.5) is 24.5 Å². The Morgan fingerprint density at radius 2 is 1.77 bits per heavy atom. The molecule has 1 aliphatic heterocycles. The number of hydrogen-bond donors (Lipinski definition) is 1. The lowest BCUT2D eigenvalue weighted by Gasteiger charge is -2.33. The van der Waals surface area contributed by atoms with Gasteiger partial charge in [0.05, 0.1) is 16.9 Å². The fourth-order valence-corrected chi connectivity index (χ4v) is 4.88. The van der Waals surface area contributed by atoms with Crippen molar-refractivity contribution in [3.05, 3.63) is 104 Å². The lowest BCUT2D eigenvalue weighted by atomic mass is 9.89. The quantitative estimate of drug-likeness (QED) is 0.340. The SMILES string of the molecule is Cc1nnc(Cn2cc(C(=O)N3CCC(c4ccc(F)cc4)CC3)c(Nc3ccc(F)cc3F)c(Cl)c2=O)o1. The maximum Gasteiger partial charge on any atom is 0.271 e. The second kappa shape index (κ2) is 10.9. The van der Waals surface area contributed by atoms with Gasteiger partial charge in [-0.15, -0.1) is 10.2 Å². The lowest BCUT2D eigenvalue weighted by Crippen LogP contribution is -2.39. The largest absolute Gasteiger partial charge is 0.424 e. The molecule has 1 saturated heterocycles. The van der Waals surface area contributed by atoms with Crippen LogP contribution in [-0.2, 0) is 6.54 Å². The van der Waals surface area contributed by atoms with Gasteiger partial charge in [0.15, 0.2) is 0 Å². The summed E-state index contributed by atoms with van der Waals surface area (Å²) in [5.41, 5.74) is 0.0656. The van der Waals surface area contributed by atoms with Crippen molar-refractivity contribution in [2.75, 3.05) is 18.4 Å². The van der Waals surface area contributed by atoms with E-state index in [4.69, 9.17) is 16.0 Å². The van der Waals surface area contributed by atoms with Crippen molar-refractivity contribution in [3.8, 4) is 0 Å². The van der Waals surface area contributed by atoms with Crippen LogP contribution in [-0.4, -0.2) is 38.7 Å². The Balaban J connectivity index is 1.47. The molecule has 2 aromatic carbocycles. The van der Waals surface area contributed by atoms with E-state index >= 15 is 0 Å². The van der Waals surface area contributed by atoms with E-state index in [2.05, 4.69) is 15.5 Å². The van der Waals surface area contributed by atoms with Crippen LogP contribution in [0, 0.1) is 24.4 Å². The molecule has 0 spiro atoms. The monoisotopic (exact) mass is 557 g/mol. The highest BCUT2D eigenvalue weighted by Gasteiger charge is 2.29. The van der Waals surface area contributed by atoms with E-state index in [1.807, 2.05) is 0 Å². The number of halogens is 4. The zero-order valence-corrected chi connectivity index (χ0v) is 21.5. The van der Waals surface area contributed by atoms with E-state index in [1.54, 1.807) is 24.0 Å². The third-order valence-electron chi connectivity index (χ3n) is 6.64. The highest BCUT2D eigenvalue weighted by Crippen LogP contribution is 2.32. The van der Waals surface area contributed by atoms with Crippen molar-refractivity contribution in [3.63, 3.8) is 0 Å². The van der Waals surface area contributed by atoms with Crippen molar-refractivity contribution in [1.29, 1.82) is 0 Å². The average molecular weight is 558 g/mol. The number of benzene rings is 2. The van der Waals surface area contributed by atoms with Gasteiger partial charge in [-0.3, -0.25) is 9.59 Å². The number of aryl methyl sites for hydroxylation is 1. The maximum atomic E-state index is 14.5. The van der Waals surface area contributed by atoms with E-state index in [-0.39, 0.29) is 46.1 Å². The van der Waals surface area contributed by atoms with E-state index in [0.717, 1.165) is 17.7 Å². The van der Waals surface area contributed by atoms with Gasteiger partial charge in [-0.05, 0) is 48.6 Å². The smallest absolute Gasteiger partial charge is 0.271 e. The second-order valence-corrected chi connectivity index (χ2v) is 9.62. The molecule has 3 heterocycles. The third-order valence-corrected chi connectivity index (χ3v) is 6.99. The number of carbonyl (C=O) groups excluding carboxylic acids is 1. The molecule has 0 saturated carbocycles. The van der Waals surface area contributed by atoms with Crippen LogP contribution in [0.1, 0.15) is 46.5 Å². The molecule has 1 N–H and O–H groups in total. The van der Waals surface area contributed by atoms with Crippen LogP contribution in [0.15, 0.2) is 57.9 Å². The van der Waals surface area contributed by atoms with Crippen molar-refractivity contribution in [2.24, 2.45) is 0 Å². The third kappa shape index (κ3) is 5.68. The van der Waals surface area contributed by atoms with E-state index < -0.39 is 23.1 Å². The van der Waals surface area contributed by atoms with Gasteiger partial charge < -0.3 is 19.2 Å². The average Bonchev–Trinajstić information content (AvgIpc) is 3.34. The Labute approximate surface area is 226 Å². The molecule has 5 rings (SSSR count). The molecule has 2 aromatic heterocycles. The summed E-state index contributed by atoms with van der Waals surface area (Å²) >= 11 is 6.45. The van der Waals surface area contributed by atoms with Crippen LogP contribution in [0.5, 0.6) is 0 Å². The molecule has 1 fully saturated rings. The number of pyridine rings is 1. The van der Waals surface area contributed by atoms with Crippen LogP contribution < -0.4 is 10.9 Å². The van der Waals surface area contributed by atoms with Gasteiger partial charge in [0.25, 0.3) is 11.5 Å². The predicted octanol–water partition coefficient (Wildman–Crippen LogP) is 5.42. The lowest BCUT2D eigenvalue weighted by molar-refractivity contribution is 0.0713. The molecule has 0 radical (unpaired) electrons. The van der Waals surface area contributed by atoms with Crippen molar-refractivity contribution in [2.45, 2.75) is 32.2 Å². The summed E-state index contributed by atoms with van der Waals surface area (Å²) in [6.07, 6.45) is 2.59. The van der Waals surface area contributed by atoms with Gasteiger partial charge in [-0.2, -0.15) is 0 Å². The Bertz CT molecular complexity index is 1580. The van der Waals surface area contributed by atoms with Crippen molar-refractivity contribution in [1.82, 2.24) is 19.7 Å². The Morgan fingerprint density at radius 3 is 2.41 bits per heavy atom. The number of carbonyl (C=O) groups is 1. The topological polar surface area (TPSA) is 93.3 Å². The molecule has 0 bridgehead atoms. The Hall–Kier alpha value is -4.12. The number of aromatic nitrogens is 3. The number of nitrogens with zero attached hydrogens (tertiary/aromatic N) is 4. The number of hydrogen-bond acceptors (Lipinski definition) is 6. The molecular formula is C27H23ClF3N5O3. The minimum Gasteiger partial charge on any atom is -0.424 e. The number of amides is 1. The minimum absolute atomic E-state index is 0.0137. The first-order chi connectivity index (χ1) is 18.7. The molecule has 4 aromatic rings. The van der Waals surface area contributed by atoms with Gasteiger partial charge in [0.2, 0.25) is 11.8 Å². The second-order valence-electron chi connectivity index (χ2n) is 9.25. The first kappa shape index (κ1) is 26.5. The van der Waals surface area contributed by atoms with Gasteiger partial charge in [-0.25, -0.2) is 13.2 Å². The fraction of sp³-hybridized carbons (Fsp3) is 0.259. The molecule has 8 nitrogen and oxygen atoms in total. The van der Waals surface area contributed by atoms with E-state index in [0.29, 0.717) is 37.9 Å². The Morgan fingerprint density at radius 1 is 1.08 bits per heavy atom. The first-order valence-electron chi connectivity index (χ1n) is 12.2. The first-order valence-corrected chi connectivity index (χ1v) is 12.6. The fourth-order valence-electron chi connectivity index (χ4n) is 4.63. The summed E-state index contributed by atoms with van der Waals surface area (Å²) in [6.45, 7) is 2.24. The van der Waals surface area contributed by atoms with Gasteiger partial charge in [-0.1, -0.05) is 23.7 Å². The number of rotatable bonds is 6. The number of nitrogens with one attached hydrogen (secondary N) is 1. The van der Waals surface area contributed by atoms with Crippen molar-refractivity contribution >= 4 is 28.9 Å². The predicted molar refractivity (Wildman–Crippen MR) is 138 cm³/mol. The van der Waals surface area contributed by atoms with E-state index in [1.165, 1.54) is 22.9 Å². The van der Waals surface area contributed by atoms with Gasteiger partial charge in [0.1, 0.15) is 29.0 Å². The van der Waals surface area contributed by atoms with E-state index in [9.17, 15) is 22.8 Å². The number of anilines is 2. The zero-order chi connectivity index (χ0) is 27.7. The molecule has 202 valence electrons. The molecular weight excluding hydrogens is 535 g/mol. The summed E-state index contributed by atoms with van der Waals surface area (Å²) in [5.74, 6) is -1.87. The summed E-state index contributed by atoms with van der Waals surface area (Å²) in [5, 5.41) is 9.99. The van der Waals surface area contributed by atoms with Crippen LogP contribution in [0.3, 0.4) is 0 Å². The van der Waals surface area contributed by atoms with Crippen LogP contribution >= 0.6 is 11.6 Å². The molecule has 0 unspecified atom stereocenters. The number of piperidine rings is 1. The van der Waals surface area contributed by atoms with Crippen LogP contribution in [0.25, 0.3) is 0 Å². The van der Waals surface area contributed by atoms with Gasteiger partial charge in [0, 0.05) is 32.3 Å². The maximum absolute atomic E-state index is 14.5. The number of likely N-dealkylation sites (tertiary alicyclic amines) is 1. The Kier molecular flexibility index (Phi) is 7.42. The highest BCUT2D eigenvalue weighted by atomic mass is 35.5. The summed E-state index contributed by atoms with van der Waals surface area (Å²) in [6, 6.07) is 9.18. The standard InChI is InChI=1S/C27H23ClF3N5O3/c1-15-33-34-23(39-15)14-36-13-20(25(24(28)27(36)38)32-22-7-6-19(30)12-21(22)31)26(37)35-10-8-17(9-11-35)16-2-4-18(29)5-3-16/h2-7,12-13,17,32H,8-11,14H2,1H3. The van der Waals surface area contributed by atoms with Crippen molar-refractivity contribution < 1.29 is 22.4 Å².